The quantitative estimate of drug-likeness (QED) is 0.561. The third kappa shape index (κ3) is 2.45. The van der Waals surface area contributed by atoms with Gasteiger partial charge in [-0.3, -0.25) is 4.79 Å². The van der Waals surface area contributed by atoms with Gasteiger partial charge in [-0.05, 0) is 24.1 Å². The first kappa shape index (κ1) is 11.5. The standard InChI is InChI=1S/C11H6O5/c12-5-1-2-7-3-4-8(10(13)14)6-9(7)11(15)16/h3-6H,(H,13,14)(H,15,16). The number of carboxylic acids is 2. The number of carboxylic acid groups (broad SMARTS) is 2. The molecule has 0 atom stereocenters. The minimum absolute atomic E-state index is 0.101. The van der Waals surface area contributed by atoms with Crippen molar-refractivity contribution < 1.29 is 24.6 Å². The maximum atomic E-state index is 10.8. The van der Waals surface area contributed by atoms with Crippen LogP contribution >= 0.6 is 0 Å². The Morgan fingerprint density at radius 3 is 2.38 bits per heavy atom. The second-order valence-corrected chi connectivity index (χ2v) is 2.76. The van der Waals surface area contributed by atoms with E-state index in [1.807, 2.05) is 0 Å². The van der Waals surface area contributed by atoms with Crippen LogP contribution in [0.4, 0.5) is 0 Å². The first-order valence-electron chi connectivity index (χ1n) is 4.12. The first-order valence-corrected chi connectivity index (χ1v) is 4.12. The van der Waals surface area contributed by atoms with Crippen molar-refractivity contribution in [3.8, 4) is 11.8 Å². The number of aromatic carboxylic acids is 2. The molecule has 2 N–H and O–H groups in total. The van der Waals surface area contributed by atoms with Crippen molar-refractivity contribution in [2.75, 3.05) is 0 Å². The third-order valence-electron chi connectivity index (χ3n) is 1.76. The molecule has 16 heavy (non-hydrogen) atoms. The Morgan fingerprint density at radius 2 is 1.88 bits per heavy atom. The Kier molecular flexibility index (Phi) is 3.41. The fourth-order valence-electron chi connectivity index (χ4n) is 1.07. The summed E-state index contributed by atoms with van der Waals surface area (Å²) < 4.78 is 0. The van der Waals surface area contributed by atoms with Crippen LogP contribution in [0.25, 0.3) is 0 Å². The van der Waals surface area contributed by atoms with Crippen LogP contribution in [0.5, 0.6) is 0 Å². The van der Waals surface area contributed by atoms with Gasteiger partial charge in [-0.15, -0.1) is 0 Å². The molecule has 0 fully saturated rings. The van der Waals surface area contributed by atoms with Crippen molar-refractivity contribution in [1.82, 2.24) is 0 Å². The van der Waals surface area contributed by atoms with E-state index in [0.717, 1.165) is 6.07 Å². The molecule has 0 unspecified atom stereocenters. The summed E-state index contributed by atoms with van der Waals surface area (Å²) >= 11 is 0. The lowest BCUT2D eigenvalue weighted by molar-refractivity contribution is -0.103. The van der Waals surface area contributed by atoms with Gasteiger partial charge in [0.05, 0.1) is 11.1 Å². The van der Waals surface area contributed by atoms with Crippen LogP contribution in [0.1, 0.15) is 26.3 Å². The second kappa shape index (κ2) is 4.75. The van der Waals surface area contributed by atoms with E-state index in [1.54, 1.807) is 0 Å². The van der Waals surface area contributed by atoms with Gasteiger partial charge < -0.3 is 10.2 Å². The van der Waals surface area contributed by atoms with Gasteiger partial charge in [0.2, 0.25) is 0 Å². The Balaban J connectivity index is 3.35. The van der Waals surface area contributed by atoms with Gasteiger partial charge in [-0.1, -0.05) is 5.92 Å². The molecule has 0 aliphatic heterocycles. The fourth-order valence-corrected chi connectivity index (χ4v) is 1.07. The van der Waals surface area contributed by atoms with Gasteiger partial charge in [-0.2, -0.15) is 0 Å². The first-order chi connectivity index (χ1) is 7.56. The highest BCUT2D eigenvalue weighted by molar-refractivity contribution is 5.96. The summed E-state index contributed by atoms with van der Waals surface area (Å²) in [5.74, 6) is 1.87. The highest BCUT2D eigenvalue weighted by Crippen LogP contribution is 2.11. The van der Waals surface area contributed by atoms with Gasteiger partial charge in [0.15, 0.2) is 6.29 Å². The molecule has 0 aliphatic rings. The van der Waals surface area contributed by atoms with E-state index in [0.29, 0.717) is 6.29 Å². The zero-order chi connectivity index (χ0) is 12.1. The Morgan fingerprint density at radius 1 is 1.19 bits per heavy atom. The minimum atomic E-state index is -1.29. The second-order valence-electron chi connectivity index (χ2n) is 2.76. The fraction of sp³-hybridized carbons (Fsp3) is 0. The Hall–Kier alpha value is -2.61. The number of rotatable bonds is 2. The average Bonchev–Trinajstić information content (AvgIpc) is 2.25. The molecule has 0 spiro atoms. The molecule has 0 saturated heterocycles. The number of carbonyl (C=O) groups excluding carboxylic acids is 1. The Labute approximate surface area is 90.3 Å². The van der Waals surface area contributed by atoms with Crippen LogP contribution in [0.2, 0.25) is 0 Å². The van der Waals surface area contributed by atoms with Gasteiger partial charge in [0.1, 0.15) is 0 Å². The zero-order valence-corrected chi connectivity index (χ0v) is 7.93. The summed E-state index contributed by atoms with van der Waals surface area (Å²) in [6.07, 6.45) is 0.330. The van der Waals surface area contributed by atoms with Crippen molar-refractivity contribution >= 4 is 18.2 Å². The SMILES string of the molecule is O=CC#Cc1ccc(C(=O)O)cc1C(=O)O. The lowest BCUT2D eigenvalue weighted by Gasteiger charge is -2.00. The van der Waals surface area contributed by atoms with Crippen LogP contribution in [0.15, 0.2) is 18.2 Å². The molecule has 0 aliphatic carbocycles. The number of aldehydes is 1. The maximum absolute atomic E-state index is 10.8. The maximum Gasteiger partial charge on any atom is 0.336 e. The van der Waals surface area contributed by atoms with Crippen molar-refractivity contribution in [2.45, 2.75) is 0 Å². The van der Waals surface area contributed by atoms with Crippen LogP contribution in [-0.2, 0) is 4.79 Å². The number of carbonyl (C=O) groups is 3. The topological polar surface area (TPSA) is 91.7 Å². The molecule has 0 saturated carbocycles. The van der Waals surface area contributed by atoms with Gasteiger partial charge in [0, 0.05) is 5.56 Å². The van der Waals surface area contributed by atoms with Crippen LogP contribution in [0.3, 0.4) is 0 Å². The van der Waals surface area contributed by atoms with Crippen LogP contribution in [0, 0.1) is 11.8 Å². The molecule has 0 radical (unpaired) electrons. The van der Waals surface area contributed by atoms with E-state index in [9.17, 15) is 14.4 Å². The van der Waals surface area contributed by atoms with Crippen LogP contribution < -0.4 is 0 Å². The van der Waals surface area contributed by atoms with E-state index < -0.39 is 11.9 Å². The predicted molar refractivity (Wildman–Crippen MR) is 53.3 cm³/mol. The largest absolute Gasteiger partial charge is 0.478 e. The molecular weight excluding hydrogens is 212 g/mol. The summed E-state index contributed by atoms with van der Waals surface area (Å²) in [7, 11) is 0. The highest BCUT2D eigenvalue weighted by atomic mass is 16.4. The number of hydrogen-bond acceptors (Lipinski definition) is 3. The van der Waals surface area contributed by atoms with Crippen molar-refractivity contribution in [1.29, 1.82) is 0 Å². The smallest absolute Gasteiger partial charge is 0.336 e. The van der Waals surface area contributed by atoms with E-state index in [4.69, 9.17) is 10.2 Å². The molecule has 0 bridgehead atoms. The molecule has 1 aromatic carbocycles. The minimum Gasteiger partial charge on any atom is -0.478 e. The van der Waals surface area contributed by atoms with Crippen molar-refractivity contribution in [3.05, 3.63) is 34.9 Å². The molecule has 5 nitrogen and oxygen atoms in total. The normalized spacial score (nSPS) is 8.75. The van der Waals surface area contributed by atoms with E-state index >= 15 is 0 Å². The number of hydrogen-bond donors (Lipinski definition) is 2. The molecular formula is C11H6O5. The number of benzene rings is 1. The zero-order valence-electron chi connectivity index (χ0n) is 7.93. The third-order valence-corrected chi connectivity index (χ3v) is 1.76. The highest BCUT2D eigenvalue weighted by Gasteiger charge is 2.12. The molecule has 0 heterocycles. The molecule has 5 heteroatoms. The summed E-state index contributed by atoms with van der Waals surface area (Å²) in [6.45, 7) is 0. The van der Waals surface area contributed by atoms with Gasteiger partial charge in [-0.25, -0.2) is 9.59 Å². The van der Waals surface area contributed by atoms with E-state index in [2.05, 4.69) is 11.8 Å². The van der Waals surface area contributed by atoms with E-state index in [-0.39, 0.29) is 16.7 Å². The molecule has 0 aromatic heterocycles. The van der Waals surface area contributed by atoms with E-state index in [1.165, 1.54) is 12.1 Å². The summed E-state index contributed by atoms with van der Waals surface area (Å²) in [5, 5.41) is 17.5. The van der Waals surface area contributed by atoms with Crippen molar-refractivity contribution in [3.63, 3.8) is 0 Å². The molecule has 1 aromatic rings. The van der Waals surface area contributed by atoms with Gasteiger partial charge >= 0.3 is 11.9 Å². The summed E-state index contributed by atoms with van der Waals surface area (Å²) in [5.41, 5.74) is -0.284. The molecule has 0 amide bonds. The van der Waals surface area contributed by atoms with Crippen LogP contribution in [-0.4, -0.2) is 28.4 Å². The summed E-state index contributed by atoms with van der Waals surface area (Å²) in [4.78, 5) is 31.4. The molecule has 80 valence electrons. The average molecular weight is 218 g/mol. The predicted octanol–water partition coefficient (Wildman–Crippen LogP) is 0.633. The monoisotopic (exact) mass is 218 g/mol. The Bertz CT molecular complexity index is 519. The molecule has 1 rings (SSSR count). The van der Waals surface area contributed by atoms with Crippen molar-refractivity contribution in [2.24, 2.45) is 0 Å². The summed E-state index contributed by atoms with van der Waals surface area (Å²) in [6, 6.07) is 3.48. The lowest BCUT2D eigenvalue weighted by atomic mass is 10.0. The van der Waals surface area contributed by atoms with Gasteiger partial charge in [0.25, 0.3) is 0 Å². The lowest BCUT2D eigenvalue weighted by Crippen LogP contribution is -2.04.